The first kappa shape index (κ1) is 11.0. The van der Waals surface area contributed by atoms with Crippen molar-refractivity contribution in [1.29, 1.82) is 0 Å². The number of halogens is 1. The Morgan fingerprint density at radius 1 is 1.38 bits per heavy atom. The largest absolute Gasteiger partial charge is 0.348 e. The third-order valence-corrected chi connectivity index (χ3v) is 2.91. The molecule has 1 aliphatic carbocycles. The molecule has 1 heterocycles. The molecule has 2 rings (SSSR count). The van der Waals surface area contributed by atoms with Crippen molar-refractivity contribution >= 4 is 5.91 Å². The van der Waals surface area contributed by atoms with Gasteiger partial charge in [-0.3, -0.25) is 4.79 Å². The summed E-state index contributed by atoms with van der Waals surface area (Å²) in [5.41, 5.74) is -0.104. The molecule has 0 unspecified atom stereocenters. The van der Waals surface area contributed by atoms with Crippen LogP contribution in [0.3, 0.4) is 0 Å². The second kappa shape index (κ2) is 5.05. The minimum atomic E-state index is -0.559. The molecular weight excluding hydrogens is 207 g/mol. The summed E-state index contributed by atoms with van der Waals surface area (Å²) in [7, 11) is 0. The van der Waals surface area contributed by atoms with Crippen molar-refractivity contribution in [3.8, 4) is 0 Å². The van der Waals surface area contributed by atoms with Crippen molar-refractivity contribution in [3.63, 3.8) is 0 Å². The smallest absolute Gasteiger partial charge is 0.273 e. The summed E-state index contributed by atoms with van der Waals surface area (Å²) < 4.78 is 13.3. The van der Waals surface area contributed by atoms with Crippen LogP contribution in [0.5, 0.6) is 0 Å². The van der Waals surface area contributed by atoms with Gasteiger partial charge in [0.15, 0.2) is 11.5 Å². The molecule has 1 aliphatic rings. The molecule has 0 radical (unpaired) electrons. The summed E-state index contributed by atoms with van der Waals surface area (Å²) in [6.07, 6.45) is 6.90. The van der Waals surface area contributed by atoms with E-state index in [0.29, 0.717) is 0 Å². The van der Waals surface area contributed by atoms with E-state index in [1.165, 1.54) is 24.8 Å². The van der Waals surface area contributed by atoms with Crippen molar-refractivity contribution in [2.45, 2.75) is 38.1 Å². The lowest BCUT2D eigenvalue weighted by Crippen LogP contribution is -2.37. The highest BCUT2D eigenvalue weighted by molar-refractivity contribution is 5.92. The molecule has 0 saturated heterocycles. The predicted molar refractivity (Wildman–Crippen MR) is 58.5 cm³/mol. The van der Waals surface area contributed by atoms with Gasteiger partial charge >= 0.3 is 0 Å². The van der Waals surface area contributed by atoms with Crippen LogP contribution in [0.2, 0.25) is 0 Å². The molecule has 0 aromatic carbocycles. The first-order valence-electron chi connectivity index (χ1n) is 5.69. The van der Waals surface area contributed by atoms with Crippen LogP contribution in [0.25, 0.3) is 0 Å². The fraction of sp³-hybridized carbons (Fsp3) is 0.500. The molecule has 0 atom stereocenters. The fourth-order valence-electron chi connectivity index (χ4n) is 2.05. The van der Waals surface area contributed by atoms with Crippen molar-refractivity contribution < 1.29 is 9.18 Å². The number of pyridine rings is 1. The van der Waals surface area contributed by atoms with E-state index in [4.69, 9.17) is 0 Å². The lowest BCUT2D eigenvalue weighted by atomic mass is 9.95. The zero-order chi connectivity index (χ0) is 11.4. The highest BCUT2D eigenvalue weighted by Gasteiger charge is 2.19. The molecular formula is C12H15FN2O. The van der Waals surface area contributed by atoms with E-state index in [1.807, 2.05) is 0 Å². The third kappa shape index (κ3) is 2.56. The number of rotatable bonds is 2. The highest BCUT2D eigenvalue weighted by atomic mass is 19.1. The first-order valence-corrected chi connectivity index (χ1v) is 5.69. The monoisotopic (exact) mass is 222 g/mol. The molecule has 16 heavy (non-hydrogen) atoms. The van der Waals surface area contributed by atoms with Crippen molar-refractivity contribution in [1.82, 2.24) is 10.3 Å². The van der Waals surface area contributed by atoms with Gasteiger partial charge in [0.05, 0.1) is 0 Å². The van der Waals surface area contributed by atoms with Crippen molar-refractivity contribution in [2.24, 2.45) is 0 Å². The number of nitrogens with zero attached hydrogens (tertiary/aromatic N) is 1. The number of carbonyl (C=O) groups is 1. The van der Waals surface area contributed by atoms with Gasteiger partial charge in [0.1, 0.15) is 0 Å². The Morgan fingerprint density at radius 2 is 2.12 bits per heavy atom. The zero-order valence-corrected chi connectivity index (χ0v) is 9.08. The van der Waals surface area contributed by atoms with Crippen LogP contribution in [-0.4, -0.2) is 16.9 Å². The summed E-state index contributed by atoms with van der Waals surface area (Å²) in [6.45, 7) is 0. The van der Waals surface area contributed by atoms with E-state index in [9.17, 15) is 9.18 Å². The van der Waals surface area contributed by atoms with Crippen molar-refractivity contribution in [2.75, 3.05) is 0 Å². The van der Waals surface area contributed by atoms with Gasteiger partial charge < -0.3 is 5.32 Å². The van der Waals surface area contributed by atoms with E-state index in [2.05, 4.69) is 10.3 Å². The van der Waals surface area contributed by atoms with Gasteiger partial charge in [0.25, 0.3) is 5.91 Å². The molecule has 86 valence electrons. The molecule has 0 spiro atoms. The minimum Gasteiger partial charge on any atom is -0.348 e. The summed E-state index contributed by atoms with van der Waals surface area (Å²) in [4.78, 5) is 15.5. The zero-order valence-electron chi connectivity index (χ0n) is 9.08. The number of carbonyl (C=O) groups excluding carboxylic acids is 1. The van der Waals surface area contributed by atoms with E-state index >= 15 is 0 Å². The van der Waals surface area contributed by atoms with Gasteiger partial charge in [0, 0.05) is 12.2 Å². The molecule has 1 N–H and O–H groups in total. The fourth-order valence-corrected chi connectivity index (χ4v) is 2.05. The Hall–Kier alpha value is -1.45. The Kier molecular flexibility index (Phi) is 3.49. The number of amides is 1. The minimum absolute atomic E-state index is 0.104. The maximum Gasteiger partial charge on any atom is 0.273 e. The van der Waals surface area contributed by atoms with E-state index < -0.39 is 11.7 Å². The summed E-state index contributed by atoms with van der Waals surface area (Å²) in [6, 6.07) is 2.91. The second-order valence-electron chi connectivity index (χ2n) is 4.14. The lowest BCUT2D eigenvalue weighted by molar-refractivity contribution is 0.0918. The van der Waals surface area contributed by atoms with Gasteiger partial charge in [-0.05, 0) is 25.0 Å². The van der Waals surface area contributed by atoms with Crippen LogP contribution < -0.4 is 5.32 Å². The summed E-state index contributed by atoms with van der Waals surface area (Å²) in [5.74, 6) is -0.958. The van der Waals surface area contributed by atoms with Crippen LogP contribution in [0, 0.1) is 5.82 Å². The highest BCUT2D eigenvalue weighted by Crippen LogP contribution is 2.17. The summed E-state index contributed by atoms with van der Waals surface area (Å²) in [5, 5.41) is 2.83. The number of nitrogens with one attached hydrogen (secondary N) is 1. The molecule has 0 aliphatic heterocycles. The number of hydrogen-bond acceptors (Lipinski definition) is 2. The van der Waals surface area contributed by atoms with Gasteiger partial charge in [-0.2, -0.15) is 0 Å². The average Bonchev–Trinajstić information content (AvgIpc) is 2.31. The van der Waals surface area contributed by atoms with Gasteiger partial charge in [-0.25, -0.2) is 9.37 Å². The summed E-state index contributed by atoms with van der Waals surface area (Å²) >= 11 is 0. The van der Waals surface area contributed by atoms with Crippen LogP contribution in [0.1, 0.15) is 42.6 Å². The molecule has 1 amide bonds. The Morgan fingerprint density at radius 3 is 2.81 bits per heavy atom. The molecule has 0 bridgehead atoms. The van der Waals surface area contributed by atoms with Gasteiger partial charge in [-0.1, -0.05) is 19.3 Å². The standard InChI is InChI=1S/C12H15FN2O/c13-10-7-4-8-14-11(10)12(16)15-9-5-2-1-3-6-9/h4,7-9H,1-3,5-6H2,(H,15,16). The maximum absolute atomic E-state index is 13.3. The quantitative estimate of drug-likeness (QED) is 0.834. The topological polar surface area (TPSA) is 42.0 Å². The molecule has 3 nitrogen and oxygen atoms in total. The first-order chi connectivity index (χ1) is 7.77. The predicted octanol–water partition coefficient (Wildman–Crippen LogP) is 2.28. The van der Waals surface area contributed by atoms with Gasteiger partial charge in [-0.15, -0.1) is 0 Å². The van der Waals surface area contributed by atoms with Crippen LogP contribution in [0.15, 0.2) is 18.3 Å². The van der Waals surface area contributed by atoms with E-state index in [-0.39, 0.29) is 11.7 Å². The Bertz CT molecular complexity index is 375. The third-order valence-electron chi connectivity index (χ3n) is 2.91. The van der Waals surface area contributed by atoms with Gasteiger partial charge in [0.2, 0.25) is 0 Å². The SMILES string of the molecule is O=C(NC1CCCCC1)c1ncccc1F. The van der Waals surface area contributed by atoms with Crippen LogP contribution in [0.4, 0.5) is 4.39 Å². The molecule has 4 heteroatoms. The average molecular weight is 222 g/mol. The normalized spacial score (nSPS) is 17.1. The number of hydrogen-bond donors (Lipinski definition) is 1. The van der Waals surface area contributed by atoms with Crippen LogP contribution in [-0.2, 0) is 0 Å². The van der Waals surface area contributed by atoms with Crippen LogP contribution >= 0.6 is 0 Å². The molecule has 1 aromatic heterocycles. The molecule has 1 fully saturated rings. The van der Waals surface area contributed by atoms with E-state index in [0.717, 1.165) is 25.7 Å². The Balaban J connectivity index is 2.00. The van der Waals surface area contributed by atoms with Crippen molar-refractivity contribution in [3.05, 3.63) is 29.8 Å². The molecule has 1 saturated carbocycles. The second-order valence-corrected chi connectivity index (χ2v) is 4.14. The maximum atomic E-state index is 13.3. The number of aromatic nitrogens is 1. The van der Waals surface area contributed by atoms with E-state index in [1.54, 1.807) is 0 Å². The lowest BCUT2D eigenvalue weighted by Gasteiger charge is -2.22. The molecule has 1 aromatic rings. The Labute approximate surface area is 94.1 Å².